The van der Waals surface area contributed by atoms with Crippen molar-refractivity contribution < 1.29 is 4.39 Å². The van der Waals surface area contributed by atoms with Gasteiger partial charge in [0.2, 0.25) is 5.65 Å². The molecule has 0 atom stereocenters. The van der Waals surface area contributed by atoms with E-state index in [1.54, 1.807) is 6.20 Å². The summed E-state index contributed by atoms with van der Waals surface area (Å²) in [5.41, 5.74) is 0.743. The number of hydrogen-bond acceptors (Lipinski definition) is 6. The zero-order valence-corrected chi connectivity index (χ0v) is 13.0. The largest absolute Gasteiger partial charge is 0.368 e. The van der Waals surface area contributed by atoms with Crippen LogP contribution in [0.5, 0.6) is 0 Å². The van der Waals surface area contributed by atoms with Gasteiger partial charge in [-0.15, -0.1) is 5.10 Å². The summed E-state index contributed by atoms with van der Waals surface area (Å²) in [6.07, 6.45) is 1.71. The molecule has 0 bridgehead atoms. The van der Waals surface area contributed by atoms with Crippen LogP contribution in [0.15, 0.2) is 47.4 Å². The Morgan fingerprint density at radius 1 is 1.16 bits per heavy atom. The number of nitrogens with zero attached hydrogens (tertiary/aromatic N) is 4. The van der Waals surface area contributed by atoms with Gasteiger partial charge in [-0.05, 0) is 24.3 Å². The summed E-state index contributed by atoms with van der Waals surface area (Å²) >= 11 is 0. The Hall–Kier alpha value is -3.49. The van der Waals surface area contributed by atoms with Crippen molar-refractivity contribution in [2.24, 2.45) is 0 Å². The third kappa shape index (κ3) is 2.87. The van der Waals surface area contributed by atoms with Crippen LogP contribution in [-0.4, -0.2) is 37.7 Å². The van der Waals surface area contributed by atoms with Crippen LogP contribution in [0.3, 0.4) is 0 Å². The lowest BCUT2D eigenvalue weighted by molar-refractivity contribution is 0.629. The molecule has 0 saturated heterocycles. The second-order valence-electron chi connectivity index (χ2n) is 5.35. The monoisotopic (exact) mass is 339 g/mol. The number of rotatable bonds is 5. The smallest absolute Gasteiger partial charge is 0.348 e. The zero-order valence-electron chi connectivity index (χ0n) is 13.0. The Kier molecular flexibility index (Phi) is 3.73. The van der Waals surface area contributed by atoms with Gasteiger partial charge in [-0.3, -0.25) is 0 Å². The van der Waals surface area contributed by atoms with E-state index in [0.29, 0.717) is 35.6 Å². The minimum atomic E-state index is -0.442. The van der Waals surface area contributed by atoms with Gasteiger partial charge in [0.05, 0.1) is 11.0 Å². The van der Waals surface area contributed by atoms with Gasteiger partial charge in [0.1, 0.15) is 11.6 Å². The SMILES string of the molecule is O=c1[nH]nc2c(NCCNc3ccccn3)nc3ccc(F)cc3n12. The van der Waals surface area contributed by atoms with Crippen LogP contribution in [0.25, 0.3) is 16.7 Å². The molecule has 0 spiro atoms. The van der Waals surface area contributed by atoms with Crippen LogP contribution in [-0.2, 0) is 0 Å². The molecule has 3 heterocycles. The predicted octanol–water partition coefficient (Wildman–Crippen LogP) is 1.63. The number of pyridine rings is 1. The summed E-state index contributed by atoms with van der Waals surface area (Å²) in [6, 6.07) is 9.70. The molecule has 0 unspecified atom stereocenters. The first-order valence-corrected chi connectivity index (χ1v) is 7.67. The van der Waals surface area contributed by atoms with Crippen molar-refractivity contribution in [1.82, 2.24) is 24.6 Å². The molecule has 1 aromatic carbocycles. The molecule has 3 N–H and O–H groups in total. The Labute approximate surface area is 140 Å². The molecule has 25 heavy (non-hydrogen) atoms. The third-order valence-electron chi connectivity index (χ3n) is 3.68. The van der Waals surface area contributed by atoms with Crippen LogP contribution in [0.2, 0.25) is 0 Å². The summed E-state index contributed by atoms with van der Waals surface area (Å²) in [6.45, 7) is 1.13. The molecule has 4 rings (SSSR count). The predicted molar refractivity (Wildman–Crippen MR) is 92.3 cm³/mol. The van der Waals surface area contributed by atoms with Crippen LogP contribution in [0.4, 0.5) is 16.0 Å². The number of benzene rings is 1. The molecular weight excluding hydrogens is 325 g/mol. The summed E-state index contributed by atoms with van der Waals surface area (Å²) in [5, 5.41) is 12.7. The highest BCUT2D eigenvalue weighted by atomic mass is 19.1. The number of aromatic nitrogens is 5. The number of hydrogen-bond donors (Lipinski definition) is 3. The normalized spacial score (nSPS) is 11.1. The summed E-state index contributed by atoms with van der Waals surface area (Å²) in [4.78, 5) is 20.6. The molecule has 4 aromatic rings. The lowest BCUT2D eigenvalue weighted by atomic mass is 10.3. The molecule has 0 aliphatic rings. The first-order valence-electron chi connectivity index (χ1n) is 7.67. The van der Waals surface area contributed by atoms with E-state index < -0.39 is 11.5 Å². The van der Waals surface area contributed by atoms with E-state index in [0.717, 1.165) is 5.82 Å². The molecule has 0 aliphatic carbocycles. The second-order valence-corrected chi connectivity index (χ2v) is 5.35. The van der Waals surface area contributed by atoms with Crippen molar-refractivity contribution in [2.75, 3.05) is 23.7 Å². The maximum Gasteiger partial charge on any atom is 0.348 e. The molecule has 0 amide bonds. The van der Waals surface area contributed by atoms with Crippen LogP contribution < -0.4 is 16.3 Å². The highest BCUT2D eigenvalue weighted by Crippen LogP contribution is 2.19. The van der Waals surface area contributed by atoms with Gasteiger partial charge in [-0.2, -0.15) is 0 Å². The van der Waals surface area contributed by atoms with E-state index in [1.807, 2.05) is 18.2 Å². The average molecular weight is 339 g/mol. The first-order chi connectivity index (χ1) is 12.2. The fourth-order valence-corrected chi connectivity index (χ4v) is 2.58. The Morgan fingerprint density at radius 2 is 2.04 bits per heavy atom. The van der Waals surface area contributed by atoms with E-state index in [1.165, 1.54) is 22.6 Å². The molecule has 3 aromatic heterocycles. The molecule has 0 fully saturated rings. The van der Waals surface area contributed by atoms with E-state index in [4.69, 9.17) is 0 Å². The maximum atomic E-state index is 13.5. The fraction of sp³-hybridized carbons (Fsp3) is 0.125. The second kappa shape index (κ2) is 6.19. The first kappa shape index (κ1) is 15.1. The molecule has 8 nitrogen and oxygen atoms in total. The van der Waals surface area contributed by atoms with E-state index in [9.17, 15) is 9.18 Å². The molecule has 9 heteroatoms. The third-order valence-corrected chi connectivity index (χ3v) is 3.68. The summed E-state index contributed by atoms with van der Waals surface area (Å²) in [7, 11) is 0. The standard InChI is InChI=1S/C16H14FN7O/c17-10-4-5-11-12(9-10)24-15(22-23-16(24)25)14(21-11)20-8-7-19-13-3-1-2-6-18-13/h1-6,9H,7-8H2,(H,18,19)(H,20,21)(H,23,25). The van der Waals surface area contributed by atoms with E-state index in [-0.39, 0.29) is 0 Å². The van der Waals surface area contributed by atoms with Gasteiger partial charge in [-0.1, -0.05) is 6.07 Å². The number of aromatic amines is 1. The van der Waals surface area contributed by atoms with Crippen molar-refractivity contribution in [3.05, 3.63) is 58.9 Å². The Balaban J connectivity index is 1.60. The van der Waals surface area contributed by atoms with Crippen LogP contribution in [0, 0.1) is 5.82 Å². The van der Waals surface area contributed by atoms with Gasteiger partial charge in [-0.25, -0.2) is 28.7 Å². The Bertz CT molecular complexity index is 1090. The van der Waals surface area contributed by atoms with Gasteiger partial charge >= 0.3 is 5.69 Å². The summed E-state index contributed by atoms with van der Waals surface area (Å²) < 4.78 is 14.8. The Morgan fingerprint density at radius 3 is 2.88 bits per heavy atom. The number of anilines is 2. The highest BCUT2D eigenvalue weighted by molar-refractivity contribution is 5.82. The van der Waals surface area contributed by atoms with E-state index >= 15 is 0 Å². The van der Waals surface area contributed by atoms with Gasteiger partial charge in [0, 0.05) is 25.4 Å². The lowest BCUT2D eigenvalue weighted by Gasteiger charge is -2.09. The van der Waals surface area contributed by atoms with Gasteiger partial charge in [0.25, 0.3) is 0 Å². The van der Waals surface area contributed by atoms with Crippen molar-refractivity contribution in [2.45, 2.75) is 0 Å². The van der Waals surface area contributed by atoms with Gasteiger partial charge < -0.3 is 10.6 Å². The summed E-state index contributed by atoms with van der Waals surface area (Å²) in [5.74, 6) is 0.775. The number of H-pyrrole nitrogens is 1. The van der Waals surface area contributed by atoms with Crippen molar-refractivity contribution >= 4 is 28.3 Å². The molecule has 0 radical (unpaired) electrons. The molecule has 0 aliphatic heterocycles. The fourth-order valence-electron chi connectivity index (χ4n) is 2.58. The zero-order chi connectivity index (χ0) is 17.2. The topological polar surface area (TPSA) is 100 Å². The lowest BCUT2D eigenvalue weighted by Crippen LogP contribution is -2.17. The van der Waals surface area contributed by atoms with Crippen LogP contribution in [0.1, 0.15) is 0 Å². The van der Waals surface area contributed by atoms with Crippen molar-refractivity contribution in [1.29, 1.82) is 0 Å². The molecule has 126 valence electrons. The average Bonchev–Trinajstić information content (AvgIpc) is 3.02. The van der Waals surface area contributed by atoms with Gasteiger partial charge in [0.15, 0.2) is 5.82 Å². The minimum Gasteiger partial charge on any atom is -0.368 e. The number of fused-ring (bicyclic) bond motifs is 3. The van der Waals surface area contributed by atoms with E-state index in [2.05, 4.69) is 30.8 Å². The highest BCUT2D eigenvalue weighted by Gasteiger charge is 2.13. The van der Waals surface area contributed by atoms with Crippen molar-refractivity contribution in [3.63, 3.8) is 0 Å². The maximum absolute atomic E-state index is 13.5. The number of halogens is 1. The van der Waals surface area contributed by atoms with Crippen LogP contribution >= 0.6 is 0 Å². The van der Waals surface area contributed by atoms with Crippen molar-refractivity contribution in [3.8, 4) is 0 Å². The molecular formula is C16H14FN7O. The molecule has 0 saturated carbocycles. The quantitative estimate of drug-likeness (QED) is 0.478. The minimum absolute atomic E-state index is 0.320. The number of nitrogens with one attached hydrogen (secondary N) is 3.